The maximum Gasteiger partial charge on any atom is 0.191 e. The highest BCUT2D eigenvalue weighted by Gasteiger charge is 2.21. The Kier molecular flexibility index (Phi) is 5.20. The van der Waals surface area contributed by atoms with E-state index in [4.69, 9.17) is 11.6 Å². The van der Waals surface area contributed by atoms with Crippen LogP contribution in [0.1, 0.15) is 17.3 Å². The first-order chi connectivity index (χ1) is 12.0. The SMILES string of the molecule is C[C@H](Sc1nnc(-c2ccccc2Cl)n1C)C(=O)c1ccc(F)cc1. The van der Waals surface area contributed by atoms with Crippen LogP contribution in [0.5, 0.6) is 0 Å². The van der Waals surface area contributed by atoms with Gasteiger partial charge in [0, 0.05) is 18.2 Å². The van der Waals surface area contributed by atoms with Crippen molar-refractivity contribution >= 4 is 29.1 Å². The van der Waals surface area contributed by atoms with Gasteiger partial charge in [0.05, 0.1) is 10.3 Å². The van der Waals surface area contributed by atoms with Gasteiger partial charge in [0.15, 0.2) is 16.8 Å². The lowest BCUT2D eigenvalue weighted by atomic mass is 10.1. The zero-order chi connectivity index (χ0) is 18.0. The lowest BCUT2D eigenvalue weighted by Crippen LogP contribution is -2.14. The van der Waals surface area contributed by atoms with Gasteiger partial charge in [-0.25, -0.2) is 4.39 Å². The van der Waals surface area contributed by atoms with Gasteiger partial charge in [-0.1, -0.05) is 35.5 Å². The van der Waals surface area contributed by atoms with Gasteiger partial charge in [0.25, 0.3) is 0 Å². The molecule has 0 amide bonds. The molecule has 0 fully saturated rings. The van der Waals surface area contributed by atoms with Crippen LogP contribution in [0.25, 0.3) is 11.4 Å². The van der Waals surface area contributed by atoms with Crippen LogP contribution in [0.4, 0.5) is 4.39 Å². The van der Waals surface area contributed by atoms with E-state index in [0.29, 0.717) is 21.6 Å². The number of nitrogens with zero attached hydrogens (tertiary/aromatic N) is 3. The fourth-order valence-corrected chi connectivity index (χ4v) is 3.47. The fourth-order valence-electron chi connectivity index (χ4n) is 2.36. The highest BCUT2D eigenvalue weighted by Crippen LogP contribution is 2.30. The Labute approximate surface area is 154 Å². The predicted octanol–water partition coefficient (Wildman–Crippen LogP) is 4.64. The topological polar surface area (TPSA) is 47.8 Å². The molecule has 4 nitrogen and oxygen atoms in total. The molecule has 0 aliphatic rings. The molecular weight excluding hydrogens is 361 g/mol. The van der Waals surface area contributed by atoms with Crippen molar-refractivity contribution in [3.8, 4) is 11.4 Å². The van der Waals surface area contributed by atoms with Crippen LogP contribution in [0.3, 0.4) is 0 Å². The molecule has 0 aliphatic carbocycles. The average molecular weight is 376 g/mol. The van der Waals surface area contributed by atoms with E-state index in [1.165, 1.54) is 36.0 Å². The Hall–Kier alpha value is -2.18. The second-order valence-corrected chi connectivity index (χ2v) is 7.19. The summed E-state index contributed by atoms with van der Waals surface area (Å²) >= 11 is 7.52. The second-order valence-electron chi connectivity index (χ2n) is 5.48. The number of hydrogen-bond donors (Lipinski definition) is 0. The summed E-state index contributed by atoms with van der Waals surface area (Å²) in [6, 6.07) is 12.9. The Bertz CT molecular complexity index is 911. The molecule has 128 valence electrons. The molecule has 0 aliphatic heterocycles. The highest BCUT2D eigenvalue weighted by atomic mass is 35.5. The van der Waals surface area contributed by atoms with Gasteiger partial charge in [0.1, 0.15) is 5.82 Å². The largest absolute Gasteiger partial charge is 0.305 e. The summed E-state index contributed by atoms with van der Waals surface area (Å²) in [6.07, 6.45) is 0. The molecule has 0 bridgehead atoms. The number of Topliss-reactive ketones (excluding diaryl/α,β-unsaturated/α-hetero) is 1. The lowest BCUT2D eigenvalue weighted by Gasteiger charge is -2.10. The van der Waals surface area contributed by atoms with Crippen molar-refractivity contribution in [3.05, 3.63) is 64.9 Å². The molecule has 1 aromatic heterocycles. The molecule has 25 heavy (non-hydrogen) atoms. The van der Waals surface area contributed by atoms with Gasteiger partial charge >= 0.3 is 0 Å². The van der Waals surface area contributed by atoms with Gasteiger partial charge in [-0.15, -0.1) is 10.2 Å². The summed E-state index contributed by atoms with van der Waals surface area (Å²) in [6.45, 7) is 1.79. The quantitative estimate of drug-likeness (QED) is 0.481. The number of benzene rings is 2. The Morgan fingerprint density at radius 1 is 1.16 bits per heavy atom. The second kappa shape index (κ2) is 7.37. The fraction of sp³-hybridized carbons (Fsp3) is 0.167. The van der Waals surface area contributed by atoms with E-state index in [-0.39, 0.29) is 16.9 Å². The van der Waals surface area contributed by atoms with Crippen molar-refractivity contribution in [1.82, 2.24) is 14.8 Å². The first-order valence-electron chi connectivity index (χ1n) is 7.58. The number of hydrogen-bond acceptors (Lipinski definition) is 4. The first kappa shape index (κ1) is 17.6. The van der Waals surface area contributed by atoms with Crippen molar-refractivity contribution in [3.63, 3.8) is 0 Å². The van der Waals surface area contributed by atoms with E-state index in [1.807, 2.05) is 25.2 Å². The number of halogens is 2. The molecule has 0 N–H and O–H groups in total. The molecule has 0 radical (unpaired) electrons. The summed E-state index contributed by atoms with van der Waals surface area (Å²) in [7, 11) is 1.83. The van der Waals surface area contributed by atoms with Crippen molar-refractivity contribution in [2.45, 2.75) is 17.3 Å². The molecule has 7 heteroatoms. The number of thioether (sulfide) groups is 1. The third-order valence-corrected chi connectivity index (χ3v) is 5.19. The van der Waals surface area contributed by atoms with Crippen LogP contribution in [-0.4, -0.2) is 25.8 Å². The van der Waals surface area contributed by atoms with Crippen LogP contribution in [-0.2, 0) is 7.05 Å². The van der Waals surface area contributed by atoms with Gasteiger partial charge in [-0.05, 0) is 43.3 Å². The van der Waals surface area contributed by atoms with E-state index < -0.39 is 0 Å². The Morgan fingerprint density at radius 2 is 1.84 bits per heavy atom. The standard InChI is InChI=1S/C18H15ClFN3OS/c1-11(16(24)12-7-9-13(20)10-8-12)25-18-22-21-17(23(18)2)14-5-3-4-6-15(14)19/h3-11H,1-2H3/t11-/m0/s1. The summed E-state index contributed by atoms with van der Waals surface area (Å²) in [5.41, 5.74) is 1.25. The monoisotopic (exact) mass is 375 g/mol. The van der Waals surface area contributed by atoms with Crippen LogP contribution in [0.15, 0.2) is 53.7 Å². The van der Waals surface area contributed by atoms with Crippen molar-refractivity contribution in [2.75, 3.05) is 0 Å². The third kappa shape index (κ3) is 3.75. The Morgan fingerprint density at radius 3 is 2.52 bits per heavy atom. The predicted molar refractivity (Wildman–Crippen MR) is 97.5 cm³/mol. The van der Waals surface area contributed by atoms with E-state index in [2.05, 4.69) is 10.2 Å². The van der Waals surface area contributed by atoms with Crippen LogP contribution in [0.2, 0.25) is 5.02 Å². The van der Waals surface area contributed by atoms with Crippen molar-refractivity contribution < 1.29 is 9.18 Å². The molecule has 0 unspecified atom stereocenters. The lowest BCUT2D eigenvalue weighted by molar-refractivity contribution is 0.0994. The van der Waals surface area contributed by atoms with Gasteiger partial charge in [0.2, 0.25) is 0 Å². The summed E-state index contributed by atoms with van der Waals surface area (Å²) in [5, 5.41) is 9.17. The number of rotatable bonds is 5. The molecular formula is C18H15ClFN3OS. The number of carbonyl (C=O) groups is 1. The molecule has 1 heterocycles. The van der Waals surface area contributed by atoms with Gasteiger partial charge in [-0.3, -0.25) is 4.79 Å². The summed E-state index contributed by atoms with van der Waals surface area (Å²) in [4.78, 5) is 12.5. The number of carbonyl (C=O) groups excluding carboxylic acids is 1. The Balaban J connectivity index is 1.81. The number of aromatic nitrogens is 3. The minimum Gasteiger partial charge on any atom is -0.305 e. The molecule has 0 saturated heterocycles. The summed E-state index contributed by atoms with van der Waals surface area (Å²) < 4.78 is 14.8. The molecule has 0 saturated carbocycles. The van der Waals surface area contributed by atoms with Crippen LogP contribution >= 0.6 is 23.4 Å². The minimum absolute atomic E-state index is 0.0905. The summed E-state index contributed by atoms with van der Waals surface area (Å²) in [5.74, 6) is 0.177. The first-order valence-corrected chi connectivity index (χ1v) is 8.84. The van der Waals surface area contributed by atoms with E-state index in [9.17, 15) is 9.18 Å². The highest BCUT2D eigenvalue weighted by molar-refractivity contribution is 8.00. The van der Waals surface area contributed by atoms with Crippen LogP contribution in [0, 0.1) is 5.82 Å². The van der Waals surface area contributed by atoms with Crippen molar-refractivity contribution in [2.24, 2.45) is 7.05 Å². The van der Waals surface area contributed by atoms with Crippen molar-refractivity contribution in [1.29, 1.82) is 0 Å². The van der Waals surface area contributed by atoms with E-state index in [0.717, 1.165) is 5.56 Å². The zero-order valence-electron chi connectivity index (χ0n) is 13.6. The van der Waals surface area contributed by atoms with Gasteiger partial charge in [-0.2, -0.15) is 0 Å². The maximum atomic E-state index is 13.0. The molecule has 2 aromatic carbocycles. The smallest absolute Gasteiger partial charge is 0.191 e. The molecule has 0 spiro atoms. The molecule has 1 atom stereocenters. The molecule has 3 rings (SSSR count). The van der Waals surface area contributed by atoms with Gasteiger partial charge < -0.3 is 4.57 Å². The third-order valence-electron chi connectivity index (χ3n) is 3.73. The average Bonchev–Trinajstić information content (AvgIpc) is 2.96. The normalized spacial score (nSPS) is 12.2. The zero-order valence-corrected chi connectivity index (χ0v) is 15.2. The van der Waals surface area contributed by atoms with E-state index >= 15 is 0 Å². The molecule has 3 aromatic rings. The minimum atomic E-state index is -0.382. The van der Waals surface area contributed by atoms with E-state index in [1.54, 1.807) is 17.6 Å². The maximum absolute atomic E-state index is 13.0. The number of ketones is 1. The van der Waals surface area contributed by atoms with Crippen LogP contribution < -0.4 is 0 Å².